The minimum atomic E-state index is -0.329. The third kappa shape index (κ3) is 4.15. The average molecular weight is 459 g/mol. The molecule has 1 saturated heterocycles. The van der Waals surface area contributed by atoms with E-state index in [0.717, 1.165) is 48.6 Å². The van der Waals surface area contributed by atoms with Gasteiger partial charge in [0.15, 0.2) is 0 Å². The smallest absolute Gasteiger partial charge is 0.256 e. The van der Waals surface area contributed by atoms with Gasteiger partial charge in [0.25, 0.3) is 5.91 Å². The lowest BCUT2D eigenvalue weighted by atomic mass is 9.94. The standard InChI is InChI=1S/C27H27FN4O2/c1-30-11-13-32(14-12-30)25(33)16-19-9-10-31(2)24(19)17-22-26-21(18-5-3-6-20(28)15-18)7-4-8-23(26)29-27(22)34/h3-10,15,17H,11-14,16H2,1-2H3,(H,29,34). The van der Waals surface area contributed by atoms with Crippen LogP contribution in [0.25, 0.3) is 22.8 Å². The normalized spacial score (nSPS) is 17.2. The predicted molar refractivity (Wildman–Crippen MR) is 132 cm³/mol. The number of fused-ring (bicyclic) bond motifs is 1. The highest BCUT2D eigenvalue weighted by Crippen LogP contribution is 2.40. The van der Waals surface area contributed by atoms with Gasteiger partial charge in [-0.15, -0.1) is 0 Å². The van der Waals surface area contributed by atoms with Crippen LogP contribution in [-0.2, 0) is 23.1 Å². The first-order chi connectivity index (χ1) is 16.4. The topological polar surface area (TPSA) is 57.6 Å². The Labute approximate surface area is 198 Å². The Kier molecular flexibility index (Phi) is 5.79. The molecular weight excluding hydrogens is 431 g/mol. The van der Waals surface area contributed by atoms with Crippen LogP contribution in [0, 0.1) is 5.82 Å². The highest BCUT2D eigenvalue weighted by Gasteiger charge is 2.28. The number of benzene rings is 2. The second kappa shape index (κ2) is 8.91. The first-order valence-electron chi connectivity index (χ1n) is 11.4. The van der Waals surface area contributed by atoms with E-state index in [1.807, 2.05) is 59.1 Å². The third-order valence-corrected chi connectivity index (χ3v) is 6.65. The maximum absolute atomic E-state index is 13.9. The number of carbonyl (C=O) groups excluding carboxylic acids is 2. The van der Waals surface area contributed by atoms with E-state index < -0.39 is 0 Å². The molecule has 0 unspecified atom stereocenters. The van der Waals surface area contributed by atoms with Crippen LogP contribution in [0.4, 0.5) is 10.1 Å². The summed E-state index contributed by atoms with van der Waals surface area (Å²) in [5.41, 5.74) is 5.13. The number of carbonyl (C=O) groups is 2. The number of likely N-dealkylation sites (N-methyl/N-ethyl adjacent to an activating group) is 1. The second-order valence-corrected chi connectivity index (χ2v) is 8.95. The minimum absolute atomic E-state index is 0.0932. The van der Waals surface area contributed by atoms with E-state index in [1.54, 1.807) is 6.07 Å². The number of hydrogen-bond donors (Lipinski definition) is 1. The molecule has 34 heavy (non-hydrogen) atoms. The number of amides is 2. The van der Waals surface area contributed by atoms with Gasteiger partial charge >= 0.3 is 0 Å². The molecule has 0 aliphatic carbocycles. The monoisotopic (exact) mass is 458 g/mol. The van der Waals surface area contributed by atoms with Gasteiger partial charge in [0.2, 0.25) is 5.91 Å². The molecule has 0 bridgehead atoms. The van der Waals surface area contributed by atoms with Crippen LogP contribution in [0.2, 0.25) is 0 Å². The van der Waals surface area contributed by atoms with Crippen LogP contribution in [0.3, 0.4) is 0 Å². The molecular formula is C27H27FN4O2. The number of aromatic nitrogens is 1. The summed E-state index contributed by atoms with van der Waals surface area (Å²) in [7, 11) is 3.97. The fourth-order valence-corrected chi connectivity index (χ4v) is 4.69. The summed E-state index contributed by atoms with van der Waals surface area (Å²) in [5.74, 6) is -0.447. The lowest BCUT2D eigenvalue weighted by Gasteiger charge is -2.32. The lowest BCUT2D eigenvalue weighted by Crippen LogP contribution is -2.47. The molecule has 3 aromatic rings. The molecule has 2 amide bonds. The van der Waals surface area contributed by atoms with Crippen LogP contribution in [0.1, 0.15) is 16.8 Å². The fourth-order valence-electron chi connectivity index (χ4n) is 4.69. The van der Waals surface area contributed by atoms with Crippen LogP contribution in [-0.4, -0.2) is 59.4 Å². The van der Waals surface area contributed by atoms with Gasteiger partial charge in [-0.2, -0.15) is 0 Å². The molecule has 0 spiro atoms. The molecule has 0 saturated carbocycles. The number of piperazine rings is 1. The third-order valence-electron chi connectivity index (χ3n) is 6.65. The van der Waals surface area contributed by atoms with Crippen molar-refractivity contribution in [3.8, 4) is 11.1 Å². The maximum Gasteiger partial charge on any atom is 0.256 e. The highest BCUT2D eigenvalue weighted by atomic mass is 19.1. The van der Waals surface area contributed by atoms with Gasteiger partial charge in [-0.1, -0.05) is 24.3 Å². The van der Waals surface area contributed by atoms with Crippen LogP contribution in [0.5, 0.6) is 0 Å². The van der Waals surface area contributed by atoms with Crippen molar-refractivity contribution < 1.29 is 14.0 Å². The van der Waals surface area contributed by atoms with Gasteiger partial charge in [0, 0.05) is 56.4 Å². The van der Waals surface area contributed by atoms with Gasteiger partial charge in [-0.05, 0) is 54.1 Å². The van der Waals surface area contributed by atoms with Crippen molar-refractivity contribution >= 4 is 29.2 Å². The van der Waals surface area contributed by atoms with Crippen LogP contribution >= 0.6 is 0 Å². The van der Waals surface area contributed by atoms with Gasteiger partial charge < -0.3 is 19.7 Å². The Hall–Kier alpha value is -3.71. The Morgan fingerprint density at radius 2 is 1.82 bits per heavy atom. The van der Waals surface area contributed by atoms with Gasteiger partial charge in [0.1, 0.15) is 5.82 Å². The molecule has 2 aliphatic rings. The van der Waals surface area contributed by atoms with Crippen molar-refractivity contribution in [2.24, 2.45) is 7.05 Å². The summed E-state index contributed by atoms with van der Waals surface area (Å²) in [6.07, 6.45) is 4.03. The fraction of sp³-hybridized carbons (Fsp3) is 0.259. The molecule has 6 nitrogen and oxygen atoms in total. The molecule has 7 heteroatoms. The Morgan fingerprint density at radius 3 is 2.59 bits per heavy atom. The number of halogens is 1. The molecule has 1 fully saturated rings. The number of rotatable bonds is 4. The predicted octanol–water partition coefficient (Wildman–Crippen LogP) is 3.64. The molecule has 2 aromatic carbocycles. The van der Waals surface area contributed by atoms with Crippen molar-refractivity contribution in [1.82, 2.24) is 14.4 Å². The summed E-state index contributed by atoms with van der Waals surface area (Å²) >= 11 is 0. The molecule has 2 aliphatic heterocycles. The zero-order chi connectivity index (χ0) is 23.8. The van der Waals surface area contributed by atoms with Crippen molar-refractivity contribution in [2.75, 3.05) is 38.5 Å². The Balaban J connectivity index is 1.51. The lowest BCUT2D eigenvalue weighted by molar-refractivity contribution is -0.132. The molecule has 174 valence electrons. The van der Waals surface area contributed by atoms with Crippen molar-refractivity contribution in [2.45, 2.75) is 6.42 Å². The van der Waals surface area contributed by atoms with Crippen molar-refractivity contribution in [3.05, 3.63) is 77.4 Å². The van der Waals surface area contributed by atoms with Gasteiger partial charge in [0.05, 0.1) is 12.0 Å². The molecule has 3 heterocycles. The summed E-state index contributed by atoms with van der Waals surface area (Å²) in [6.45, 7) is 3.20. The van der Waals surface area contributed by atoms with E-state index in [1.165, 1.54) is 12.1 Å². The van der Waals surface area contributed by atoms with Crippen LogP contribution < -0.4 is 5.32 Å². The second-order valence-electron chi connectivity index (χ2n) is 8.95. The highest BCUT2D eigenvalue weighted by molar-refractivity contribution is 6.36. The Morgan fingerprint density at radius 1 is 1.06 bits per heavy atom. The number of nitrogens with zero attached hydrogens (tertiary/aromatic N) is 3. The zero-order valence-corrected chi connectivity index (χ0v) is 19.3. The van der Waals surface area contributed by atoms with E-state index in [9.17, 15) is 14.0 Å². The van der Waals surface area contributed by atoms with E-state index in [-0.39, 0.29) is 24.1 Å². The molecule has 0 radical (unpaired) electrons. The molecule has 0 atom stereocenters. The first kappa shape index (κ1) is 22.1. The Bertz CT molecular complexity index is 1300. The first-order valence-corrected chi connectivity index (χ1v) is 11.4. The van der Waals surface area contributed by atoms with Crippen molar-refractivity contribution in [1.29, 1.82) is 0 Å². The zero-order valence-electron chi connectivity index (χ0n) is 19.3. The largest absolute Gasteiger partial charge is 0.351 e. The van der Waals surface area contributed by atoms with E-state index in [2.05, 4.69) is 17.3 Å². The quantitative estimate of drug-likeness (QED) is 0.608. The van der Waals surface area contributed by atoms with E-state index >= 15 is 0 Å². The van der Waals surface area contributed by atoms with Crippen LogP contribution in [0.15, 0.2) is 54.7 Å². The summed E-state index contributed by atoms with van der Waals surface area (Å²) < 4.78 is 15.9. The minimum Gasteiger partial charge on any atom is -0.351 e. The summed E-state index contributed by atoms with van der Waals surface area (Å²) in [5, 5.41) is 2.93. The SMILES string of the molecule is CN1CCN(C(=O)Cc2ccn(C)c2C=C2C(=O)Nc3cccc(-c4cccc(F)c4)c32)CC1. The molecule has 5 rings (SSSR count). The van der Waals surface area contributed by atoms with Gasteiger partial charge in [-0.3, -0.25) is 9.59 Å². The number of nitrogens with one attached hydrogen (secondary N) is 1. The van der Waals surface area contributed by atoms with E-state index in [0.29, 0.717) is 16.8 Å². The number of aryl methyl sites for hydroxylation is 1. The average Bonchev–Trinajstić information content (AvgIpc) is 3.33. The molecule has 1 aromatic heterocycles. The van der Waals surface area contributed by atoms with E-state index in [4.69, 9.17) is 0 Å². The molecule has 1 N–H and O–H groups in total. The summed E-state index contributed by atoms with van der Waals surface area (Å²) in [4.78, 5) is 30.1. The van der Waals surface area contributed by atoms with Gasteiger partial charge in [-0.25, -0.2) is 4.39 Å². The number of anilines is 1. The summed E-state index contributed by atoms with van der Waals surface area (Å²) in [6, 6.07) is 13.9. The number of hydrogen-bond acceptors (Lipinski definition) is 3. The van der Waals surface area contributed by atoms with Crippen molar-refractivity contribution in [3.63, 3.8) is 0 Å². The maximum atomic E-state index is 13.9.